The Labute approximate surface area is 104 Å². The van der Waals surface area contributed by atoms with Crippen molar-refractivity contribution in [3.8, 4) is 0 Å². The van der Waals surface area contributed by atoms with Gasteiger partial charge >= 0.3 is 6.09 Å². The van der Waals surface area contributed by atoms with Gasteiger partial charge in [0.2, 0.25) is 0 Å². The zero-order chi connectivity index (χ0) is 13.3. The summed E-state index contributed by atoms with van der Waals surface area (Å²) >= 11 is 0. The number of nitrogens with two attached hydrogens (primary N) is 1. The number of hydrogen-bond donors (Lipinski definition) is 1. The van der Waals surface area contributed by atoms with E-state index >= 15 is 0 Å². The van der Waals surface area contributed by atoms with Gasteiger partial charge in [-0.15, -0.1) is 6.58 Å². The Balaban J connectivity index is 2.64. The Morgan fingerprint density at radius 2 is 2.18 bits per heavy atom. The molecule has 4 heteroatoms. The first kappa shape index (κ1) is 14.0. The molecule has 1 saturated heterocycles. The fraction of sp³-hybridized carbons (Fsp3) is 0.769. The molecular formula is C13H24N2O2. The Kier molecular flexibility index (Phi) is 3.87. The predicted molar refractivity (Wildman–Crippen MR) is 68.8 cm³/mol. The van der Waals surface area contributed by atoms with Crippen LogP contribution < -0.4 is 5.73 Å². The summed E-state index contributed by atoms with van der Waals surface area (Å²) in [6.45, 7) is 12.0. The average Bonchev–Trinajstić information content (AvgIpc) is 2.14. The van der Waals surface area contributed by atoms with Gasteiger partial charge in [0.1, 0.15) is 5.60 Å². The Hall–Kier alpha value is -1.03. The minimum absolute atomic E-state index is 0.0848. The zero-order valence-corrected chi connectivity index (χ0v) is 11.3. The second kappa shape index (κ2) is 4.69. The first-order valence-electron chi connectivity index (χ1n) is 6.09. The summed E-state index contributed by atoms with van der Waals surface area (Å²) in [6, 6.07) is 0.0848. The van der Waals surface area contributed by atoms with Crippen LogP contribution in [0.3, 0.4) is 0 Å². The third-order valence-electron chi connectivity index (χ3n) is 3.06. The molecule has 1 fully saturated rings. The largest absolute Gasteiger partial charge is 0.444 e. The highest BCUT2D eigenvalue weighted by atomic mass is 16.6. The van der Waals surface area contributed by atoms with E-state index < -0.39 is 5.60 Å². The van der Waals surface area contributed by atoms with Gasteiger partial charge in [-0.3, -0.25) is 0 Å². The van der Waals surface area contributed by atoms with Gasteiger partial charge in [-0.05, 0) is 40.5 Å². The molecule has 0 aliphatic carbocycles. The average molecular weight is 240 g/mol. The number of nitrogens with zero attached hydrogens (tertiary/aromatic N) is 1. The van der Waals surface area contributed by atoms with Crippen LogP contribution in [-0.4, -0.2) is 34.7 Å². The third kappa shape index (κ3) is 3.73. The molecule has 0 unspecified atom stereocenters. The van der Waals surface area contributed by atoms with Gasteiger partial charge in [-0.1, -0.05) is 6.08 Å². The third-order valence-corrected chi connectivity index (χ3v) is 3.06. The van der Waals surface area contributed by atoms with E-state index in [4.69, 9.17) is 10.5 Å². The molecule has 4 nitrogen and oxygen atoms in total. The van der Waals surface area contributed by atoms with Crippen molar-refractivity contribution < 1.29 is 9.53 Å². The molecule has 0 bridgehead atoms. The van der Waals surface area contributed by atoms with E-state index in [1.54, 1.807) is 11.0 Å². The van der Waals surface area contributed by atoms with E-state index in [0.717, 1.165) is 12.8 Å². The summed E-state index contributed by atoms with van der Waals surface area (Å²) in [7, 11) is 0. The van der Waals surface area contributed by atoms with Gasteiger partial charge in [-0.25, -0.2) is 4.79 Å². The highest BCUT2D eigenvalue weighted by Crippen LogP contribution is 2.26. The number of ether oxygens (including phenoxy) is 1. The summed E-state index contributed by atoms with van der Waals surface area (Å²) in [5, 5.41) is 0. The molecule has 0 aromatic heterocycles. The van der Waals surface area contributed by atoms with Crippen molar-refractivity contribution in [1.82, 2.24) is 4.90 Å². The molecule has 1 amide bonds. The first-order valence-corrected chi connectivity index (χ1v) is 6.09. The first-order chi connectivity index (χ1) is 7.67. The topological polar surface area (TPSA) is 55.6 Å². The summed E-state index contributed by atoms with van der Waals surface area (Å²) in [4.78, 5) is 13.7. The molecule has 2 N–H and O–H groups in total. The molecule has 17 heavy (non-hydrogen) atoms. The molecule has 1 rings (SSSR count). The van der Waals surface area contributed by atoms with E-state index in [1.165, 1.54) is 0 Å². The number of amides is 1. The lowest BCUT2D eigenvalue weighted by atomic mass is 9.85. The van der Waals surface area contributed by atoms with Gasteiger partial charge in [0.25, 0.3) is 0 Å². The summed E-state index contributed by atoms with van der Waals surface area (Å²) in [5.41, 5.74) is 5.34. The van der Waals surface area contributed by atoms with Crippen molar-refractivity contribution in [2.24, 2.45) is 5.73 Å². The van der Waals surface area contributed by atoms with Gasteiger partial charge in [0.15, 0.2) is 0 Å². The van der Waals surface area contributed by atoms with Gasteiger partial charge in [0, 0.05) is 18.1 Å². The van der Waals surface area contributed by atoms with Crippen LogP contribution in [0.5, 0.6) is 0 Å². The fourth-order valence-electron chi connectivity index (χ4n) is 2.09. The minimum Gasteiger partial charge on any atom is -0.444 e. The molecule has 2 atom stereocenters. The van der Waals surface area contributed by atoms with Crippen molar-refractivity contribution in [2.45, 2.75) is 57.7 Å². The normalized spacial score (nSPS) is 29.9. The van der Waals surface area contributed by atoms with Crippen LogP contribution >= 0.6 is 0 Å². The Morgan fingerprint density at radius 3 is 2.59 bits per heavy atom. The van der Waals surface area contributed by atoms with E-state index in [9.17, 15) is 4.79 Å². The maximum atomic E-state index is 12.0. The molecule has 0 saturated carbocycles. The number of likely N-dealkylation sites (tertiary alicyclic amines) is 1. The standard InChI is InChI=1S/C13H24N2O2/c1-6-13(14)7-8-15(10(2)9-13)11(16)17-12(3,4)5/h6,10H,1,7-9,14H2,2-5H3/t10-,13+/m0/s1. The number of piperidine rings is 1. The molecule has 0 aromatic rings. The molecule has 0 radical (unpaired) electrons. The van der Waals surface area contributed by atoms with E-state index in [0.29, 0.717) is 6.54 Å². The van der Waals surface area contributed by atoms with E-state index in [1.807, 2.05) is 27.7 Å². The molecule has 98 valence electrons. The van der Waals surface area contributed by atoms with Crippen LogP contribution in [0.2, 0.25) is 0 Å². The Morgan fingerprint density at radius 1 is 1.59 bits per heavy atom. The van der Waals surface area contributed by atoms with Crippen molar-refractivity contribution >= 4 is 6.09 Å². The van der Waals surface area contributed by atoms with Crippen LogP contribution in [0, 0.1) is 0 Å². The summed E-state index contributed by atoms with van der Waals surface area (Å²) in [5.74, 6) is 0. The van der Waals surface area contributed by atoms with E-state index in [-0.39, 0.29) is 17.7 Å². The van der Waals surface area contributed by atoms with Crippen molar-refractivity contribution in [1.29, 1.82) is 0 Å². The smallest absolute Gasteiger partial charge is 0.410 e. The maximum absolute atomic E-state index is 12.0. The highest BCUT2D eigenvalue weighted by Gasteiger charge is 2.36. The second-order valence-electron chi connectivity index (χ2n) is 5.91. The van der Waals surface area contributed by atoms with Crippen molar-refractivity contribution in [3.63, 3.8) is 0 Å². The van der Waals surface area contributed by atoms with Crippen LogP contribution in [0.4, 0.5) is 4.79 Å². The number of carbonyl (C=O) groups excluding carboxylic acids is 1. The van der Waals surface area contributed by atoms with Gasteiger partial charge in [0.05, 0.1) is 0 Å². The van der Waals surface area contributed by atoms with Crippen molar-refractivity contribution in [3.05, 3.63) is 12.7 Å². The van der Waals surface area contributed by atoms with Crippen LogP contribution in [0.25, 0.3) is 0 Å². The predicted octanol–water partition coefficient (Wildman–Crippen LogP) is 2.29. The van der Waals surface area contributed by atoms with Crippen LogP contribution in [0.1, 0.15) is 40.5 Å². The van der Waals surface area contributed by atoms with Crippen LogP contribution in [0.15, 0.2) is 12.7 Å². The molecule has 0 spiro atoms. The molecule has 1 aliphatic rings. The fourth-order valence-corrected chi connectivity index (χ4v) is 2.09. The molecule has 0 aromatic carbocycles. The number of carbonyl (C=O) groups is 1. The minimum atomic E-state index is -0.452. The number of rotatable bonds is 1. The summed E-state index contributed by atoms with van der Waals surface area (Å²) < 4.78 is 5.37. The maximum Gasteiger partial charge on any atom is 0.410 e. The van der Waals surface area contributed by atoms with Gasteiger partial charge in [-0.2, -0.15) is 0 Å². The monoisotopic (exact) mass is 240 g/mol. The lowest BCUT2D eigenvalue weighted by molar-refractivity contribution is 0.00757. The quantitative estimate of drug-likeness (QED) is 0.715. The van der Waals surface area contributed by atoms with Gasteiger partial charge < -0.3 is 15.4 Å². The van der Waals surface area contributed by atoms with Crippen molar-refractivity contribution in [2.75, 3.05) is 6.54 Å². The molecule has 1 aliphatic heterocycles. The highest BCUT2D eigenvalue weighted by molar-refractivity contribution is 5.68. The van der Waals surface area contributed by atoms with E-state index in [2.05, 4.69) is 6.58 Å². The number of hydrogen-bond acceptors (Lipinski definition) is 3. The summed E-state index contributed by atoms with van der Waals surface area (Å²) in [6.07, 6.45) is 3.00. The SMILES string of the molecule is C=C[C@@]1(N)CCN(C(=O)OC(C)(C)C)[C@@H](C)C1. The molecule has 1 heterocycles. The molecular weight excluding hydrogens is 216 g/mol. The zero-order valence-electron chi connectivity index (χ0n) is 11.3. The lowest BCUT2D eigenvalue weighted by Gasteiger charge is -2.42. The van der Waals surface area contributed by atoms with Crippen LogP contribution in [-0.2, 0) is 4.74 Å². The Bertz CT molecular complexity index is 309. The second-order valence-corrected chi connectivity index (χ2v) is 5.91. The lowest BCUT2D eigenvalue weighted by Crippen LogP contribution is -2.55.